The summed E-state index contributed by atoms with van der Waals surface area (Å²) in [6.07, 6.45) is 4.16. The maximum atomic E-state index is 5.80. The number of hydrogen-bond acceptors (Lipinski definition) is 2. The molecule has 0 unspecified atom stereocenters. The predicted molar refractivity (Wildman–Crippen MR) is 95.9 cm³/mol. The molecule has 1 heterocycles. The summed E-state index contributed by atoms with van der Waals surface area (Å²) in [6, 6.07) is 16.7. The van der Waals surface area contributed by atoms with E-state index in [-0.39, 0.29) is 0 Å². The van der Waals surface area contributed by atoms with Crippen molar-refractivity contribution in [3.8, 4) is 5.75 Å². The summed E-state index contributed by atoms with van der Waals surface area (Å²) >= 11 is 0. The quantitative estimate of drug-likeness (QED) is 0.609. The zero-order valence-corrected chi connectivity index (χ0v) is 13.6. The van der Waals surface area contributed by atoms with Crippen LogP contribution in [0.1, 0.15) is 24.5 Å². The predicted octanol–water partition coefficient (Wildman–Crippen LogP) is 4.29. The molecule has 0 spiro atoms. The highest BCUT2D eigenvalue weighted by molar-refractivity contribution is 5.83. The van der Waals surface area contributed by atoms with Crippen molar-refractivity contribution in [3.63, 3.8) is 0 Å². The highest BCUT2D eigenvalue weighted by atomic mass is 16.5. The molecular weight excluding hydrogens is 284 g/mol. The minimum atomic E-state index is 0.770. The molecule has 0 radical (unpaired) electrons. The molecule has 0 aliphatic carbocycles. The maximum absolute atomic E-state index is 5.80. The first-order valence-corrected chi connectivity index (χ1v) is 8.35. The summed E-state index contributed by atoms with van der Waals surface area (Å²) in [4.78, 5) is 3.33. The Bertz CT molecular complexity index is 748. The van der Waals surface area contributed by atoms with Crippen LogP contribution in [0.25, 0.3) is 10.9 Å². The Morgan fingerprint density at radius 2 is 1.83 bits per heavy atom. The number of nitrogens with one attached hydrogen (secondary N) is 2. The molecule has 0 atom stereocenters. The Kier molecular flexibility index (Phi) is 5.33. The summed E-state index contributed by atoms with van der Waals surface area (Å²) < 4.78 is 5.80. The molecule has 3 aromatic rings. The number of aromatic nitrogens is 1. The minimum absolute atomic E-state index is 0.770. The molecule has 0 saturated heterocycles. The van der Waals surface area contributed by atoms with E-state index < -0.39 is 0 Å². The van der Waals surface area contributed by atoms with E-state index in [1.807, 2.05) is 12.1 Å². The number of rotatable bonds is 8. The molecule has 2 N–H and O–H groups in total. The second-order valence-corrected chi connectivity index (χ2v) is 5.74. The van der Waals surface area contributed by atoms with Gasteiger partial charge in [0.2, 0.25) is 0 Å². The van der Waals surface area contributed by atoms with Crippen LogP contribution in [-0.4, -0.2) is 18.1 Å². The molecule has 0 saturated carbocycles. The van der Waals surface area contributed by atoms with Crippen molar-refractivity contribution in [2.45, 2.75) is 26.3 Å². The molecule has 120 valence electrons. The number of para-hydroxylation sites is 2. The first kappa shape index (κ1) is 15.6. The topological polar surface area (TPSA) is 37.0 Å². The standard InChI is InChI=1S/C20H24N2O/c1-2-13-23-20-10-6-3-7-17(20)14-21-12-11-16-15-22-19-9-5-4-8-18(16)19/h3-10,15,21-22H,2,11-14H2,1H3. The highest BCUT2D eigenvalue weighted by Crippen LogP contribution is 2.19. The van der Waals surface area contributed by atoms with Crippen LogP contribution in [0.4, 0.5) is 0 Å². The van der Waals surface area contributed by atoms with Gasteiger partial charge in [-0.3, -0.25) is 0 Å². The van der Waals surface area contributed by atoms with Crippen LogP contribution in [0.15, 0.2) is 54.7 Å². The summed E-state index contributed by atoms with van der Waals surface area (Å²) in [5.74, 6) is 0.994. The number of H-pyrrole nitrogens is 1. The number of fused-ring (bicyclic) bond motifs is 1. The van der Waals surface area contributed by atoms with Crippen LogP contribution in [0.2, 0.25) is 0 Å². The molecule has 3 nitrogen and oxygen atoms in total. The largest absolute Gasteiger partial charge is 0.493 e. The Morgan fingerprint density at radius 1 is 1.00 bits per heavy atom. The van der Waals surface area contributed by atoms with E-state index in [4.69, 9.17) is 4.74 Å². The fraction of sp³-hybridized carbons (Fsp3) is 0.300. The fourth-order valence-electron chi connectivity index (χ4n) is 2.79. The lowest BCUT2D eigenvalue weighted by Crippen LogP contribution is -2.17. The van der Waals surface area contributed by atoms with Crippen molar-refractivity contribution < 1.29 is 4.74 Å². The smallest absolute Gasteiger partial charge is 0.123 e. The van der Waals surface area contributed by atoms with Crippen molar-refractivity contribution in [1.82, 2.24) is 10.3 Å². The normalized spacial score (nSPS) is 11.0. The third-order valence-electron chi connectivity index (χ3n) is 4.00. The lowest BCUT2D eigenvalue weighted by Gasteiger charge is -2.11. The van der Waals surface area contributed by atoms with E-state index in [2.05, 4.69) is 59.8 Å². The van der Waals surface area contributed by atoms with Gasteiger partial charge in [0.15, 0.2) is 0 Å². The van der Waals surface area contributed by atoms with Crippen LogP contribution in [-0.2, 0) is 13.0 Å². The van der Waals surface area contributed by atoms with Crippen LogP contribution in [0, 0.1) is 0 Å². The van der Waals surface area contributed by atoms with Gasteiger partial charge in [-0.15, -0.1) is 0 Å². The molecule has 0 amide bonds. The van der Waals surface area contributed by atoms with Crippen molar-refractivity contribution in [3.05, 3.63) is 65.9 Å². The van der Waals surface area contributed by atoms with Crippen molar-refractivity contribution in [2.75, 3.05) is 13.2 Å². The molecule has 0 aliphatic heterocycles. The number of hydrogen-bond donors (Lipinski definition) is 2. The van der Waals surface area contributed by atoms with E-state index in [9.17, 15) is 0 Å². The van der Waals surface area contributed by atoms with Gasteiger partial charge >= 0.3 is 0 Å². The molecule has 3 heteroatoms. The third kappa shape index (κ3) is 3.93. The van der Waals surface area contributed by atoms with Crippen molar-refractivity contribution in [1.29, 1.82) is 0 Å². The Labute approximate surface area is 137 Å². The average molecular weight is 308 g/mol. The van der Waals surface area contributed by atoms with Crippen LogP contribution >= 0.6 is 0 Å². The Morgan fingerprint density at radius 3 is 2.74 bits per heavy atom. The summed E-state index contributed by atoms with van der Waals surface area (Å²) in [5.41, 5.74) is 3.80. The van der Waals surface area contributed by atoms with E-state index in [1.165, 1.54) is 22.0 Å². The first-order chi connectivity index (χ1) is 11.4. The third-order valence-corrected chi connectivity index (χ3v) is 4.00. The van der Waals surface area contributed by atoms with Gasteiger partial charge in [0.05, 0.1) is 6.61 Å². The van der Waals surface area contributed by atoms with Gasteiger partial charge in [0.25, 0.3) is 0 Å². The minimum Gasteiger partial charge on any atom is -0.493 e. The molecule has 1 aromatic heterocycles. The van der Waals surface area contributed by atoms with Gasteiger partial charge in [0, 0.05) is 29.2 Å². The second-order valence-electron chi connectivity index (χ2n) is 5.74. The van der Waals surface area contributed by atoms with Gasteiger partial charge in [-0.1, -0.05) is 43.3 Å². The van der Waals surface area contributed by atoms with E-state index in [1.54, 1.807) is 0 Å². The van der Waals surface area contributed by atoms with Gasteiger partial charge in [0.1, 0.15) is 5.75 Å². The zero-order chi connectivity index (χ0) is 15.9. The van der Waals surface area contributed by atoms with Gasteiger partial charge in [-0.2, -0.15) is 0 Å². The monoisotopic (exact) mass is 308 g/mol. The molecule has 0 fully saturated rings. The lowest BCUT2D eigenvalue weighted by molar-refractivity contribution is 0.313. The Hall–Kier alpha value is -2.26. The van der Waals surface area contributed by atoms with E-state index >= 15 is 0 Å². The fourth-order valence-corrected chi connectivity index (χ4v) is 2.79. The Balaban J connectivity index is 1.54. The molecule has 2 aromatic carbocycles. The number of aromatic amines is 1. The molecule has 3 rings (SSSR count). The van der Waals surface area contributed by atoms with Gasteiger partial charge in [-0.05, 0) is 37.1 Å². The number of ether oxygens (including phenoxy) is 1. The maximum Gasteiger partial charge on any atom is 0.123 e. The van der Waals surface area contributed by atoms with Gasteiger partial charge in [-0.25, -0.2) is 0 Å². The summed E-state index contributed by atoms with van der Waals surface area (Å²) in [6.45, 7) is 4.68. The van der Waals surface area contributed by atoms with Crippen molar-refractivity contribution in [2.24, 2.45) is 0 Å². The van der Waals surface area contributed by atoms with Crippen molar-refractivity contribution >= 4 is 10.9 Å². The highest BCUT2D eigenvalue weighted by Gasteiger charge is 2.04. The summed E-state index contributed by atoms with van der Waals surface area (Å²) in [5, 5.41) is 4.85. The molecule has 0 aliphatic rings. The van der Waals surface area contributed by atoms with Crippen LogP contribution in [0.5, 0.6) is 5.75 Å². The van der Waals surface area contributed by atoms with E-state index in [0.717, 1.165) is 38.3 Å². The van der Waals surface area contributed by atoms with E-state index in [0.29, 0.717) is 0 Å². The van der Waals surface area contributed by atoms with Crippen LogP contribution < -0.4 is 10.1 Å². The SMILES string of the molecule is CCCOc1ccccc1CNCCc1c[nH]c2ccccc12. The number of benzene rings is 2. The average Bonchev–Trinajstić information content (AvgIpc) is 3.01. The lowest BCUT2D eigenvalue weighted by atomic mass is 10.1. The zero-order valence-electron chi connectivity index (χ0n) is 13.6. The first-order valence-electron chi connectivity index (χ1n) is 8.35. The molecule has 0 bridgehead atoms. The molecular formula is C20H24N2O. The second kappa shape index (κ2) is 7.84. The van der Waals surface area contributed by atoms with Gasteiger partial charge < -0.3 is 15.0 Å². The molecule has 23 heavy (non-hydrogen) atoms. The van der Waals surface area contributed by atoms with Crippen LogP contribution in [0.3, 0.4) is 0 Å². The summed E-state index contributed by atoms with van der Waals surface area (Å²) in [7, 11) is 0.